The Hall–Kier alpha value is -1.37. The predicted octanol–water partition coefficient (Wildman–Crippen LogP) is 3.54. The van der Waals surface area contributed by atoms with E-state index in [4.69, 9.17) is 0 Å². The summed E-state index contributed by atoms with van der Waals surface area (Å²) in [4.78, 5) is 10.8. The first kappa shape index (κ1) is 11.7. The Kier molecular flexibility index (Phi) is 3.84. The predicted molar refractivity (Wildman–Crippen MR) is 64.8 cm³/mol. The molecule has 1 aromatic carbocycles. The highest BCUT2D eigenvalue weighted by Crippen LogP contribution is 2.15. The monoisotopic (exact) mass is 202 g/mol. The van der Waals surface area contributed by atoms with Gasteiger partial charge in [-0.2, -0.15) is 0 Å². The van der Waals surface area contributed by atoms with Gasteiger partial charge in [0.1, 0.15) is 6.29 Å². The summed E-state index contributed by atoms with van der Waals surface area (Å²) in [7, 11) is 0. The molecule has 0 amide bonds. The highest BCUT2D eigenvalue weighted by Gasteiger charge is 2.02. The molecule has 0 aliphatic carbocycles. The molecule has 0 atom stereocenters. The van der Waals surface area contributed by atoms with Crippen LogP contribution in [0.2, 0.25) is 0 Å². The second-order valence-corrected chi connectivity index (χ2v) is 4.26. The Morgan fingerprint density at radius 2 is 1.87 bits per heavy atom. The highest BCUT2D eigenvalue weighted by atomic mass is 16.1. The van der Waals surface area contributed by atoms with Gasteiger partial charge in [-0.05, 0) is 48.1 Å². The Morgan fingerprint density at radius 1 is 1.20 bits per heavy atom. The SMILES string of the molecule is Cc1ccc(C=C(C=O)C(C)C)cc1C. The van der Waals surface area contributed by atoms with Crippen LogP contribution in [-0.2, 0) is 4.79 Å². The standard InChI is InChI=1S/C14H18O/c1-10(2)14(9-15)8-13-6-5-11(3)12(4)7-13/h5-10H,1-4H3. The zero-order chi connectivity index (χ0) is 11.4. The van der Waals surface area contributed by atoms with Crippen molar-refractivity contribution in [3.8, 4) is 0 Å². The van der Waals surface area contributed by atoms with Crippen LogP contribution in [0.5, 0.6) is 0 Å². The van der Waals surface area contributed by atoms with E-state index in [-0.39, 0.29) is 5.92 Å². The summed E-state index contributed by atoms with van der Waals surface area (Å²) in [6.07, 6.45) is 2.91. The molecule has 1 nitrogen and oxygen atoms in total. The first-order valence-electron chi connectivity index (χ1n) is 5.28. The molecule has 0 aliphatic heterocycles. The zero-order valence-corrected chi connectivity index (χ0v) is 9.87. The molecule has 0 heterocycles. The largest absolute Gasteiger partial charge is 0.298 e. The van der Waals surface area contributed by atoms with E-state index in [9.17, 15) is 4.79 Å². The van der Waals surface area contributed by atoms with Crippen LogP contribution in [-0.4, -0.2) is 6.29 Å². The summed E-state index contributed by atoms with van der Waals surface area (Å²) in [5.41, 5.74) is 4.49. The van der Waals surface area contributed by atoms with Gasteiger partial charge >= 0.3 is 0 Å². The molecule has 0 fully saturated rings. The fourth-order valence-electron chi connectivity index (χ4n) is 1.38. The maximum absolute atomic E-state index is 10.8. The highest BCUT2D eigenvalue weighted by molar-refractivity contribution is 5.82. The molecule has 0 radical (unpaired) electrons. The normalized spacial score (nSPS) is 11.9. The van der Waals surface area contributed by atoms with E-state index in [1.807, 2.05) is 26.0 Å². The molecular weight excluding hydrogens is 184 g/mol. The average molecular weight is 202 g/mol. The summed E-state index contributed by atoms with van der Waals surface area (Å²) in [5.74, 6) is 0.282. The second kappa shape index (κ2) is 4.92. The zero-order valence-electron chi connectivity index (χ0n) is 9.87. The van der Waals surface area contributed by atoms with Crippen LogP contribution in [0.4, 0.5) is 0 Å². The molecule has 0 spiro atoms. The van der Waals surface area contributed by atoms with Crippen LogP contribution in [0, 0.1) is 19.8 Å². The van der Waals surface area contributed by atoms with Gasteiger partial charge < -0.3 is 0 Å². The lowest BCUT2D eigenvalue weighted by atomic mass is 9.99. The molecule has 0 unspecified atom stereocenters. The Labute approximate surface area is 91.8 Å². The average Bonchev–Trinajstić information content (AvgIpc) is 2.19. The molecule has 0 saturated carbocycles. The molecule has 0 N–H and O–H groups in total. The van der Waals surface area contributed by atoms with Gasteiger partial charge in [-0.1, -0.05) is 32.0 Å². The number of allylic oxidation sites excluding steroid dienone is 1. The first-order chi connectivity index (χ1) is 7.04. The number of hydrogen-bond acceptors (Lipinski definition) is 1. The van der Waals surface area contributed by atoms with E-state index in [2.05, 4.69) is 26.0 Å². The van der Waals surface area contributed by atoms with E-state index in [0.717, 1.165) is 17.4 Å². The number of benzene rings is 1. The Bertz CT molecular complexity index is 386. The number of aryl methyl sites for hydroxylation is 2. The van der Waals surface area contributed by atoms with E-state index >= 15 is 0 Å². The topological polar surface area (TPSA) is 17.1 Å². The first-order valence-corrected chi connectivity index (χ1v) is 5.28. The summed E-state index contributed by atoms with van der Waals surface area (Å²) >= 11 is 0. The molecule has 0 aliphatic rings. The van der Waals surface area contributed by atoms with Crippen LogP contribution in [0.25, 0.3) is 6.08 Å². The van der Waals surface area contributed by atoms with Crippen molar-refractivity contribution in [2.45, 2.75) is 27.7 Å². The van der Waals surface area contributed by atoms with Gasteiger partial charge in [0.25, 0.3) is 0 Å². The summed E-state index contributed by atoms with van der Waals surface area (Å²) in [5, 5.41) is 0. The third-order valence-corrected chi connectivity index (χ3v) is 2.67. The minimum absolute atomic E-state index is 0.282. The molecule has 0 bridgehead atoms. The van der Waals surface area contributed by atoms with E-state index < -0.39 is 0 Å². The summed E-state index contributed by atoms with van der Waals surface area (Å²) < 4.78 is 0. The second-order valence-electron chi connectivity index (χ2n) is 4.26. The smallest absolute Gasteiger partial charge is 0.146 e. The van der Waals surface area contributed by atoms with Crippen molar-refractivity contribution < 1.29 is 4.79 Å². The number of aldehydes is 1. The number of rotatable bonds is 3. The molecule has 0 saturated heterocycles. The third kappa shape index (κ3) is 3.05. The van der Waals surface area contributed by atoms with Gasteiger partial charge in [-0.25, -0.2) is 0 Å². The van der Waals surface area contributed by atoms with Crippen molar-refractivity contribution in [3.63, 3.8) is 0 Å². The third-order valence-electron chi connectivity index (χ3n) is 2.67. The van der Waals surface area contributed by atoms with Crippen LogP contribution < -0.4 is 0 Å². The molecular formula is C14H18O. The van der Waals surface area contributed by atoms with E-state index in [1.54, 1.807) is 0 Å². The molecule has 15 heavy (non-hydrogen) atoms. The van der Waals surface area contributed by atoms with Gasteiger partial charge in [0.2, 0.25) is 0 Å². The minimum atomic E-state index is 0.282. The lowest BCUT2D eigenvalue weighted by Gasteiger charge is -2.05. The van der Waals surface area contributed by atoms with Crippen LogP contribution >= 0.6 is 0 Å². The van der Waals surface area contributed by atoms with Crippen LogP contribution in [0.1, 0.15) is 30.5 Å². The van der Waals surface area contributed by atoms with Crippen molar-refractivity contribution in [1.29, 1.82) is 0 Å². The lowest BCUT2D eigenvalue weighted by Crippen LogP contribution is -1.95. The number of carbonyl (C=O) groups is 1. The summed E-state index contributed by atoms with van der Waals surface area (Å²) in [6.45, 7) is 8.23. The van der Waals surface area contributed by atoms with Gasteiger partial charge in [-0.15, -0.1) is 0 Å². The molecule has 0 aromatic heterocycles. The van der Waals surface area contributed by atoms with Crippen molar-refractivity contribution in [3.05, 3.63) is 40.5 Å². The van der Waals surface area contributed by atoms with Crippen LogP contribution in [0.3, 0.4) is 0 Å². The van der Waals surface area contributed by atoms with Crippen molar-refractivity contribution in [2.24, 2.45) is 5.92 Å². The maximum Gasteiger partial charge on any atom is 0.146 e. The van der Waals surface area contributed by atoms with Crippen molar-refractivity contribution in [2.75, 3.05) is 0 Å². The molecule has 1 rings (SSSR count). The van der Waals surface area contributed by atoms with Gasteiger partial charge in [0.05, 0.1) is 0 Å². The number of carbonyl (C=O) groups excluding carboxylic acids is 1. The summed E-state index contributed by atoms with van der Waals surface area (Å²) in [6, 6.07) is 6.25. The van der Waals surface area contributed by atoms with Crippen molar-refractivity contribution in [1.82, 2.24) is 0 Å². The fourth-order valence-corrected chi connectivity index (χ4v) is 1.38. The van der Waals surface area contributed by atoms with E-state index in [1.165, 1.54) is 11.1 Å². The van der Waals surface area contributed by atoms with Gasteiger partial charge in [0, 0.05) is 0 Å². The Balaban J connectivity index is 3.07. The minimum Gasteiger partial charge on any atom is -0.298 e. The van der Waals surface area contributed by atoms with E-state index in [0.29, 0.717) is 0 Å². The number of hydrogen-bond donors (Lipinski definition) is 0. The van der Waals surface area contributed by atoms with Crippen LogP contribution in [0.15, 0.2) is 23.8 Å². The van der Waals surface area contributed by atoms with Gasteiger partial charge in [-0.3, -0.25) is 4.79 Å². The van der Waals surface area contributed by atoms with Gasteiger partial charge in [0.15, 0.2) is 0 Å². The lowest BCUT2D eigenvalue weighted by molar-refractivity contribution is -0.105. The molecule has 1 heteroatoms. The molecule has 1 aromatic rings. The maximum atomic E-state index is 10.8. The Morgan fingerprint density at radius 3 is 2.33 bits per heavy atom. The molecule has 80 valence electrons. The quantitative estimate of drug-likeness (QED) is 0.541. The fraction of sp³-hybridized carbons (Fsp3) is 0.357. The van der Waals surface area contributed by atoms with Crippen molar-refractivity contribution >= 4 is 12.4 Å².